The van der Waals surface area contributed by atoms with Gasteiger partial charge in [0.05, 0.1) is 11.3 Å². The first-order valence-corrected chi connectivity index (χ1v) is 10.5. The van der Waals surface area contributed by atoms with Crippen molar-refractivity contribution in [1.82, 2.24) is 9.88 Å². The second-order valence-electron chi connectivity index (χ2n) is 8.75. The van der Waals surface area contributed by atoms with E-state index in [1.807, 2.05) is 32.2 Å². The number of anilines is 2. The average molecular weight is 420 g/mol. The van der Waals surface area contributed by atoms with E-state index in [4.69, 9.17) is 4.74 Å². The SMILES string of the molecule is CN1CCN(c2cc(C3=C/C(=C4\C(=O)Nc5cc(F)ccc54)OC3(C)C)ccn2)CC1. The number of piperazine rings is 1. The van der Waals surface area contributed by atoms with Crippen LogP contribution in [-0.4, -0.2) is 54.6 Å². The van der Waals surface area contributed by atoms with Gasteiger partial charge in [-0.15, -0.1) is 0 Å². The van der Waals surface area contributed by atoms with Gasteiger partial charge >= 0.3 is 0 Å². The van der Waals surface area contributed by atoms with Crippen LogP contribution in [0.4, 0.5) is 15.9 Å². The van der Waals surface area contributed by atoms with Gasteiger partial charge in [0.1, 0.15) is 23.0 Å². The van der Waals surface area contributed by atoms with Crippen molar-refractivity contribution >= 4 is 28.6 Å². The Morgan fingerprint density at radius 2 is 1.90 bits per heavy atom. The van der Waals surface area contributed by atoms with Crippen LogP contribution >= 0.6 is 0 Å². The summed E-state index contributed by atoms with van der Waals surface area (Å²) in [5.74, 6) is 0.780. The summed E-state index contributed by atoms with van der Waals surface area (Å²) in [5, 5.41) is 2.74. The molecule has 1 aromatic heterocycles. The topological polar surface area (TPSA) is 57.7 Å². The molecule has 0 spiro atoms. The minimum Gasteiger partial charge on any atom is -0.482 e. The molecular formula is C24H25FN4O2. The number of nitrogens with one attached hydrogen (secondary N) is 1. The van der Waals surface area contributed by atoms with Crippen LogP contribution in [0, 0.1) is 5.82 Å². The Hall–Kier alpha value is -3.19. The molecule has 5 rings (SSSR count). The summed E-state index contributed by atoms with van der Waals surface area (Å²) in [6.07, 6.45) is 3.75. The maximum absolute atomic E-state index is 13.6. The molecule has 0 atom stereocenters. The lowest BCUT2D eigenvalue weighted by Gasteiger charge is -2.33. The second-order valence-corrected chi connectivity index (χ2v) is 8.75. The number of rotatable bonds is 2. The number of hydrogen-bond donors (Lipinski definition) is 1. The quantitative estimate of drug-likeness (QED) is 0.754. The van der Waals surface area contributed by atoms with Crippen LogP contribution in [0.3, 0.4) is 0 Å². The molecule has 2 aromatic rings. The van der Waals surface area contributed by atoms with Crippen LogP contribution in [-0.2, 0) is 9.53 Å². The van der Waals surface area contributed by atoms with Gasteiger partial charge in [-0.2, -0.15) is 0 Å². The number of carbonyl (C=O) groups is 1. The molecular weight excluding hydrogens is 395 g/mol. The number of nitrogens with zero attached hydrogens (tertiary/aromatic N) is 3. The number of halogens is 1. The Kier molecular flexibility index (Phi) is 4.59. The van der Waals surface area contributed by atoms with Gasteiger partial charge < -0.3 is 19.9 Å². The highest BCUT2D eigenvalue weighted by Crippen LogP contribution is 2.44. The summed E-state index contributed by atoms with van der Waals surface area (Å²) in [7, 11) is 2.13. The fraction of sp³-hybridized carbons (Fsp3) is 0.333. The van der Waals surface area contributed by atoms with E-state index in [2.05, 4.69) is 33.2 Å². The van der Waals surface area contributed by atoms with Crippen molar-refractivity contribution in [3.63, 3.8) is 0 Å². The highest BCUT2D eigenvalue weighted by atomic mass is 19.1. The van der Waals surface area contributed by atoms with Crippen LogP contribution in [0.25, 0.3) is 11.1 Å². The highest BCUT2D eigenvalue weighted by molar-refractivity contribution is 6.32. The van der Waals surface area contributed by atoms with Gasteiger partial charge in [0, 0.05) is 43.5 Å². The van der Waals surface area contributed by atoms with E-state index in [-0.39, 0.29) is 11.7 Å². The van der Waals surface area contributed by atoms with E-state index in [1.165, 1.54) is 12.1 Å². The smallest absolute Gasteiger partial charge is 0.260 e. The molecule has 1 N–H and O–H groups in total. The standard InChI is InChI=1S/C24H25FN4O2/c1-24(2)18(15-6-7-26-21(12-15)29-10-8-28(3)9-11-29)14-20(31-24)22-17-5-4-16(25)13-19(17)27-23(22)30/h4-7,12-14H,8-11H2,1-3H3,(H,27,30)/b22-20+. The third-order valence-corrected chi connectivity index (χ3v) is 6.15. The molecule has 31 heavy (non-hydrogen) atoms. The van der Waals surface area contributed by atoms with Crippen molar-refractivity contribution in [2.75, 3.05) is 43.4 Å². The molecule has 1 fully saturated rings. The number of allylic oxidation sites excluding steroid dienone is 1. The van der Waals surface area contributed by atoms with Gasteiger partial charge in [-0.05, 0) is 62.9 Å². The average Bonchev–Trinajstić information content (AvgIpc) is 3.22. The number of pyridine rings is 1. The van der Waals surface area contributed by atoms with Crippen LogP contribution in [0.2, 0.25) is 0 Å². The highest BCUT2D eigenvalue weighted by Gasteiger charge is 2.38. The Balaban J connectivity index is 1.54. The van der Waals surface area contributed by atoms with Gasteiger partial charge in [-0.1, -0.05) is 0 Å². The first-order valence-electron chi connectivity index (χ1n) is 10.5. The van der Waals surface area contributed by atoms with E-state index in [0.717, 1.165) is 43.1 Å². The normalized spacial score (nSPS) is 22.8. The molecule has 1 aromatic carbocycles. The van der Waals surface area contributed by atoms with Crippen molar-refractivity contribution in [2.45, 2.75) is 19.4 Å². The monoisotopic (exact) mass is 420 g/mol. The zero-order chi connectivity index (χ0) is 21.8. The van der Waals surface area contributed by atoms with Gasteiger partial charge in [-0.25, -0.2) is 9.37 Å². The molecule has 0 unspecified atom stereocenters. The van der Waals surface area contributed by atoms with Gasteiger partial charge in [0.25, 0.3) is 5.91 Å². The Bertz CT molecular complexity index is 1130. The number of likely N-dealkylation sites (N-methyl/N-ethyl adjacent to an activating group) is 1. The van der Waals surface area contributed by atoms with Crippen molar-refractivity contribution in [3.8, 4) is 0 Å². The molecule has 160 valence electrons. The molecule has 1 saturated heterocycles. The Morgan fingerprint density at radius 1 is 1.13 bits per heavy atom. The van der Waals surface area contributed by atoms with Crippen molar-refractivity contribution < 1.29 is 13.9 Å². The predicted molar refractivity (Wildman–Crippen MR) is 119 cm³/mol. The Morgan fingerprint density at radius 3 is 2.68 bits per heavy atom. The summed E-state index contributed by atoms with van der Waals surface area (Å²) < 4.78 is 19.8. The van der Waals surface area contributed by atoms with E-state index < -0.39 is 5.60 Å². The zero-order valence-electron chi connectivity index (χ0n) is 17.9. The summed E-state index contributed by atoms with van der Waals surface area (Å²) in [6.45, 7) is 7.87. The molecule has 0 saturated carbocycles. The van der Waals surface area contributed by atoms with Gasteiger partial charge in [0.2, 0.25) is 0 Å². The molecule has 0 bridgehead atoms. The van der Waals surface area contributed by atoms with Crippen LogP contribution < -0.4 is 10.2 Å². The minimum absolute atomic E-state index is 0.281. The molecule has 1 amide bonds. The van der Waals surface area contributed by atoms with Crippen molar-refractivity contribution in [1.29, 1.82) is 0 Å². The third-order valence-electron chi connectivity index (χ3n) is 6.15. The summed E-state index contributed by atoms with van der Waals surface area (Å²) in [4.78, 5) is 21.8. The third kappa shape index (κ3) is 3.49. The maximum atomic E-state index is 13.6. The molecule has 7 heteroatoms. The number of hydrogen-bond acceptors (Lipinski definition) is 5. The molecule has 0 radical (unpaired) electrons. The number of fused-ring (bicyclic) bond motifs is 1. The molecule has 3 aliphatic rings. The molecule has 0 aliphatic carbocycles. The number of benzene rings is 1. The van der Waals surface area contributed by atoms with Gasteiger partial charge in [0.15, 0.2) is 0 Å². The lowest BCUT2D eigenvalue weighted by atomic mass is 9.92. The van der Waals surface area contributed by atoms with Crippen LogP contribution in [0.15, 0.2) is 48.4 Å². The molecule has 6 nitrogen and oxygen atoms in total. The number of carbonyl (C=O) groups excluding carboxylic acids is 1. The number of amides is 1. The second kappa shape index (κ2) is 7.20. The Labute approximate surface area is 181 Å². The van der Waals surface area contributed by atoms with E-state index in [1.54, 1.807) is 6.07 Å². The number of ether oxygens (including phenoxy) is 1. The molecule has 3 aliphatic heterocycles. The minimum atomic E-state index is -0.619. The fourth-order valence-electron chi connectivity index (χ4n) is 4.40. The lowest BCUT2D eigenvalue weighted by molar-refractivity contribution is -0.111. The fourth-order valence-corrected chi connectivity index (χ4v) is 4.40. The van der Waals surface area contributed by atoms with E-state index in [9.17, 15) is 9.18 Å². The van der Waals surface area contributed by atoms with E-state index in [0.29, 0.717) is 22.6 Å². The summed E-state index contributed by atoms with van der Waals surface area (Å²) in [6, 6.07) is 8.37. The summed E-state index contributed by atoms with van der Waals surface area (Å²) in [5.41, 5.74) is 2.94. The van der Waals surface area contributed by atoms with Crippen LogP contribution in [0.1, 0.15) is 25.0 Å². The summed E-state index contributed by atoms with van der Waals surface area (Å²) >= 11 is 0. The van der Waals surface area contributed by atoms with Crippen molar-refractivity contribution in [3.05, 3.63) is 65.3 Å². The van der Waals surface area contributed by atoms with Gasteiger partial charge in [-0.3, -0.25) is 4.79 Å². The maximum Gasteiger partial charge on any atom is 0.260 e. The first-order chi connectivity index (χ1) is 14.8. The zero-order valence-corrected chi connectivity index (χ0v) is 17.9. The van der Waals surface area contributed by atoms with Crippen molar-refractivity contribution in [2.24, 2.45) is 0 Å². The molecule has 4 heterocycles. The van der Waals surface area contributed by atoms with E-state index >= 15 is 0 Å². The lowest BCUT2D eigenvalue weighted by Crippen LogP contribution is -2.44. The predicted octanol–water partition coefficient (Wildman–Crippen LogP) is 3.53. The van der Waals surface area contributed by atoms with Crippen LogP contribution in [0.5, 0.6) is 0 Å². The first kappa shape index (κ1) is 19.8. The number of aromatic nitrogens is 1. The largest absolute Gasteiger partial charge is 0.482 e.